The van der Waals surface area contributed by atoms with Crippen molar-refractivity contribution in [2.45, 2.75) is 0 Å². The molecule has 0 atom stereocenters. The lowest BCUT2D eigenvalue weighted by molar-refractivity contribution is -0.139. The molecule has 1 heterocycles. The number of aliphatic carboxylic acids is 1. The molecule has 1 amide bonds. The molecular weight excluding hydrogens is 238 g/mol. The smallest absolute Gasteiger partial charge is 0.341 e. The van der Waals surface area contributed by atoms with Crippen LogP contribution in [-0.4, -0.2) is 43.3 Å². The van der Waals surface area contributed by atoms with E-state index in [0.717, 1.165) is 0 Å². The van der Waals surface area contributed by atoms with E-state index in [1.54, 1.807) is 29.2 Å². The molecule has 0 aromatic heterocycles. The van der Waals surface area contributed by atoms with Crippen molar-refractivity contribution in [1.82, 2.24) is 0 Å². The SMILES string of the molecule is O=C(O)COc1cccc(N2CCOCC2=O)c1. The van der Waals surface area contributed by atoms with Gasteiger partial charge < -0.3 is 19.5 Å². The number of anilines is 1. The van der Waals surface area contributed by atoms with Gasteiger partial charge in [-0.15, -0.1) is 0 Å². The minimum Gasteiger partial charge on any atom is -0.482 e. The molecule has 0 saturated carbocycles. The maximum absolute atomic E-state index is 11.6. The minimum absolute atomic E-state index is 0.0697. The lowest BCUT2D eigenvalue weighted by Crippen LogP contribution is -2.41. The van der Waals surface area contributed by atoms with Gasteiger partial charge in [-0.25, -0.2) is 4.79 Å². The van der Waals surface area contributed by atoms with Crippen LogP contribution < -0.4 is 9.64 Å². The maximum Gasteiger partial charge on any atom is 0.341 e. The molecule has 1 N–H and O–H groups in total. The van der Waals surface area contributed by atoms with E-state index >= 15 is 0 Å². The molecule has 6 heteroatoms. The van der Waals surface area contributed by atoms with Gasteiger partial charge in [-0.05, 0) is 12.1 Å². The van der Waals surface area contributed by atoms with Gasteiger partial charge in [0.25, 0.3) is 5.91 Å². The first-order chi connectivity index (χ1) is 8.66. The molecule has 2 rings (SSSR count). The average molecular weight is 251 g/mol. The molecule has 1 fully saturated rings. The first-order valence-corrected chi connectivity index (χ1v) is 5.49. The van der Waals surface area contributed by atoms with E-state index in [4.69, 9.17) is 14.6 Å². The van der Waals surface area contributed by atoms with Gasteiger partial charge in [0.2, 0.25) is 0 Å². The van der Waals surface area contributed by atoms with Gasteiger partial charge in [0, 0.05) is 18.3 Å². The quantitative estimate of drug-likeness (QED) is 0.844. The van der Waals surface area contributed by atoms with Crippen molar-refractivity contribution in [2.75, 3.05) is 31.3 Å². The zero-order chi connectivity index (χ0) is 13.0. The Labute approximate surface area is 104 Å². The third kappa shape index (κ3) is 2.98. The molecule has 1 aromatic carbocycles. The van der Waals surface area contributed by atoms with Gasteiger partial charge in [0.1, 0.15) is 12.4 Å². The van der Waals surface area contributed by atoms with Crippen molar-refractivity contribution >= 4 is 17.6 Å². The molecule has 18 heavy (non-hydrogen) atoms. The van der Waals surface area contributed by atoms with Gasteiger partial charge in [-0.3, -0.25) is 4.79 Å². The Bertz CT molecular complexity index is 460. The number of hydrogen-bond acceptors (Lipinski definition) is 4. The van der Waals surface area contributed by atoms with Gasteiger partial charge in [-0.2, -0.15) is 0 Å². The number of nitrogens with zero attached hydrogens (tertiary/aromatic N) is 1. The average Bonchev–Trinajstić information content (AvgIpc) is 2.37. The van der Waals surface area contributed by atoms with E-state index in [9.17, 15) is 9.59 Å². The van der Waals surface area contributed by atoms with Gasteiger partial charge >= 0.3 is 5.97 Å². The van der Waals surface area contributed by atoms with Gasteiger partial charge in [-0.1, -0.05) is 6.07 Å². The van der Waals surface area contributed by atoms with E-state index in [1.807, 2.05) is 0 Å². The predicted molar refractivity (Wildman–Crippen MR) is 62.7 cm³/mol. The molecule has 0 aliphatic carbocycles. The summed E-state index contributed by atoms with van der Waals surface area (Å²) in [4.78, 5) is 23.6. The Hall–Kier alpha value is -2.08. The Morgan fingerprint density at radius 2 is 2.33 bits per heavy atom. The summed E-state index contributed by atoms with van der Waals surface area (Å²) in [5, 5.41) is 8.53. The molecular formula is C12H13NO5. The number of hydrogen-bond donors (Lipinski definition) is 1. The molecule has 0 radical (unpaired) electrons. The molecule has 1 aromatic rings. The van der Waals surface area contributed by atoms with E-state index in [2.05, 4.69) is 0 Å². The number of benzene rings is 1. The number of carbonyl (C=O) groups excluding carboxylic acids is 1. The monoisotopic (exact) mass is 251 g/mol. The molecule has 1 aliphatic heterocycles. The number of carbonyl (C=O) groups is 2. The first-order valence-electron chi connectivity index (χ1n) is 5.49. The van der Waals surface area contributed by atoms with Gasteiger partial charge in [0.15, 0.2) is 6.61 Å². The van der Waals surface area contributed by atoms with Gasteiger partial charge in [0.05, 0.1) is 6.61 Å². The summed E-state index contributed by atoms with van der Waals surface area (Å²) in [7, 11) is 0. The summed E-state index contributed by atoms with van der Waals surface area (Å²) in [6.45, 7) is 0.647. The fourth-order valence-electron chi connectivity index (χ4n) is 1.68. The van der Waals surface area contributed by atoms with Crippen molar-refractivity contribution in [2.24, 2.45) is 0 Å². The summed E-state index contributed by atoms with van der Waals surface area (Å²) in [6.07, 6.45) is 0. The van der Waals surface area contributed by atoms with Crippen LogP contribution in [0.15, 0.2) is 24.3 Å². The Kier molecular flexibility index (Phi) is 3.78. The zero-order valence-corrected chi connectivity index (χ0v) is 9.67. The number of carboxylic acids is 1. The first kappa shape index (κ1) is 12.4. The van der Waals surface area contributed by atoms with E-state index < -0.39 is 12.6 Å². The van der Waals surface area contributed by atoms with Crippen LogP contribution in [0.25, 0.3) is 0 Å². The van der Waals surface area contributed by atoms with Crippen molar-refractivity contribution in [1.29, 1.82) is 0 Å². The van der Waals surface area contributed by atoms with E-state index in [0.29, 0.717) is 24.6 Å². The number of rotatable bonds is 4. The summed E-state index contributed by atoms with van der Waals surface area (Å²) in [5.41, 5.74) is 0.686. The third-order valence-corrected chi connectivity index (χ3v) is 2.48. The molecule has 1 saturated heterocycles. The van der Waals surface area contributed by atoms with Crippen molar-refractivity contribution < 1.29 is 24.2 Å². The second-order valence-electron chi connectivity index (χ2n) is 3.78. The van der Waals surface area contributed by atoms with Crippen LogP contribution in [0.5, 0.6) is 5.75 Å². The fourth-order valence-corrected chi connectivity index (χ4v) is 1.68. The highest BCUT2D eigenvalue weighted by Gasteiger charge is 2.20. The summed E-state index contributed by atoms with van der Waals surface area (Å²) >= 11 is 0. The summed E-state index contributed by atoms with van der Waals surface area (Å²) in [5.74, 6) is -0.728. The number of ether oxygens (including phenoxy) is 2. The molecule has 6 nitrogen and oxygen atoms in total. The zero-order valence-electron chi connectivity index (χ0n) is 9.67. The third-order valence-electron chi connectivity index (χ3n) is 2.48. The van der Waals surface area contributed by atoms with Crippen LogP contribution >= 0.6 is 0 Å². The lowest BCUT2D eigenvalue weighted by Gasteiger charge is -2.27. The maximum atomic E-state index is 11.6. The second kappa shape index (κ2) is 5.50. The van der Waals surface area contributed by atoms with E-state index in [1.165, 1.54) is 0 Å². The standard InChI is InChI=1S/C12H13NO5/c14-11-7-17-5-4-13(11)9-2-1-3-10(6-9)18-8-12(15)16/h1-3,6H,4-5,7-8H2,(H,15,16). The molecule has 0 bridgehead atoms. The largest absolute Gasteiger partial charge is 0.482 e. The summed E-state index contributed by atoms with van der Waals surface area (Å²) < 4.78 is 10.1. The van der Waals surface area contributed by atoms with Crippen molar-refractivity contribution in [3.63, 3.8) is 0 Å². The normalized spacial score (nSPS) is 15.6. The Balaban J connectivity index is 2.10. The fraction of sp³-hybridized carbons (Fsp3) is 0.333. The Morgan fingerprint density at radius 3 is 3.06 bits per heavy atom. The molecule has 0 spiro atoms. The molecule has 1 aliphatic rings. The number of carboxylic acid groups (broad SMARTS) is 1. The molecule has 96 valence electrons. The minimum atomic E-state index is -1.04. The number of amides is 1. The Morgan fingerprint density at radius 1 is 1.50 bits per heavy atom. The lowest BCUT2D eigenvalue weighted by atomic mass is 10.2. The highest BCUT2D eigenvalue weighted by Crippen LogP contribution is 2.22. The van der Waals surface area contributed by atoms with Crippen LogP contribution in [0.1, 0.15) is 0 Å². The highest BCUT2D eigenvalue weighted by atomic mass is 16.5. The van der Waals surface area contributed by atoms with Crippen LogP contribution in [0.4, 0.5) is 5.69 Å². The van der Waals surface area contributed by atoms with Crippen LogP contribution in [0, 0.1) is 0 Å². The van der Waals surface area contributed by atoms with Crippen LogP contribution in [-0.2, 0) is 14.3 Å². The summed E-state index contributed by atoms with van der Waals surface area (Å²) in [6, 6.07) is 6.79. The highest BCUT2D eigenvalue weighted by molar-refractivity contribution is 5.95. The van der Waals surface area contributed by atoms with Crippen LogP contribution in [0.3, 0.4) is 0 Å². The number of morpholine rings is 1. The van der Waals surface area contributed by atoms with Crippen molar-refractivity contribution in [3.05, 3.63) is 24.3 Å². The molecule has 0 unspecified atom stereocenters. The van der Waals surface area contributed by atoms with Crippen LogP contribution in [0.2, 0.25) is 0 Å². The predicted octanol–water partition coefficient (Wildman–Crippen LogP) is 0.513. The van der Waals surface area contributed by atoms with E-state index in [-0.39, 0.29) is 12.5 Å². The topological polar surface area (TPSA) is 76.1 Å². The van der Waals surface area contributed by atoms with Crippen molar-refractivity contribution in [3.8, 4) is 5.75 Å². The second-order valence-corrected chi connectivity index (χ2v) is 3.78.